The highest BCUT2D eigenvalue weighted by molar-refractivity contribution is 5.94. The standard InChI is InChI=1S/C12H15F3N4O.C7H6F2/c1-19(18)10(4-5-12(13,14)15)8-3-2-7(11(17)20)6-9(8)16;1-5-3-2-4-6(8)7(5)9/h2-4,6H,5,16,18H2,1H3,(H2,17,20);2-4H,1H3/b10-4-;. The van der Waals surface area contributed by atoms with Crippen molar-refractivity contribution < 1.29 is 26.7 Å². The van der Waals surface area contributed by atoms with Gasteiger partial charge in [0, 0.05) is 23.9 Å². The second-order valence-electron chi connectivity index (χ2n) is 6.06. The molecule has 0 aliphatic heterocycles. The zero-order chi connectivity index (χ0) is 22.4. The molecule has 10 heteroatoms. The van der Waals surface area contributed by atoms with Gasteiger partial charge in [-0.3, -0.25) is 4.79 Å². The summed E-state index contributed by atoms with van der Waals surface area (Å²) in [6.07, 6.45) is -4.56. The SMILES string of the molecule is CN(N)/C(=C\CC(F)(F)F)c1ccc(C(N)=O)cc1N.Cc1cccc(F)c1F. The van der Waals surface area contributed by atoms with Crippen molar-refractivity contribution >= 4 is 17.3 Å². The average molecular weight is 416 g/mol. The van der Waals surface area contributed by atoms with Crippen molar-refractivity contribution in [3.8, 4) is 0 Å². The molecule has 1 amide bonds. The average Bonchev–Trinajstić information content (AvgIpc) is 2.60. The van der Waals surface area contributed by atoms with Crippen LogP contribution in [-0.2, 0) is 0 Å². The fourth-order valence-corrected chi connectivity index (χ4v) is 2.22. The Balaban J connectivity index is 0.000000387. The second-order valence-corrected chi connectivity index (χ2v) is 6.06. The van der Waals surface area contributed by atoms with Gasteiger partial charge in [-0.2, -0.15) is 13.2 Å². The van der Waals surface area contributed by atoms with Crippen LogP contribution in [0.15, 0.2) is 42.5 Å². The molecule has 0 unspecified atom stereocenters. The van der Waals surface area contributed by atoms with E-state index in [0.29, 0.717) is 11.1 Å². The number of allylic oxidation sites excluding steroid dienone is 1. The lowest BCUT2D eigenvalue weighted by Crippen LogP contribution is -2.25. The normalized spacial score (nSPS) is 11.5. The fourth-order valence-electron chi connectivity index (χ4n) is 2.22. The van der Waals surface area contributed by atoms with Crippen LogP contribution in [0.1, 0.15) is 27.9 Å². The van der Waals surface area contributed by atoms with Gasteiger partial charge in [0.05, 0.1) is 12.1 Å². The molecule has 158 valence electrons. The van der Waals surface area contributed by atoms with Gasteiger partial charge in [-0.25, -0.2) is 14.6 Å². The number of hydrogen-bond acceptors (Lipinski definition) is 4. The predicted molar refractivity (Wildman–Crippen MR) is 101 cm³/mol. The third-order valence-electron chi connectivity index (χ3n) is 3.66. The van der Waals surface area contributed by atoms with Gasteiger partial charge in [-0.1, -0.05) is 18.2 Å². The summed E-state index contributed by atoms with van der Waals surface area (Å²) in [5.41, 5.74) is 11.8. The highest BCUT2D eigenvalue weighted by atomic mass is 19.4. The molecule has 0 heterocycles. The molecule has 0 aliphatic carbocycles. The van der Waals surface area contributed by atoms with Crippen LogP contribution in [0.2, 0.25) is 0 Å². The molecule has 0 atom stereocenters. The van der Waals surface area contributed by atoms with Crippen molar-refractivity contribution in [1.82, 2.24) is 5.01 Å². The van der Waals surface area contributed by atoms with Gasteiger partial charge in [0.25, 0.3) is 0 Å². The molecule has 0 radical (unpaired) electrons. The maximum Gasteiger partial charge on any atom is 0.392 e. The molecule has 5 nitrogen and oxygen atoms in total. The number of nitrogens with two attached hydrogens (primary N) is 3. The lowest BCUT2D eigenvalue weighted by atomic mass is 10.0. The minimum absolute atomic E-state index is 0.107. The topological polar surface area (TPSA) is 98.4 Å². The molecule has 6 N–H and O–H groups in total. The Hall–Kier alpha value is -3.14. The van der Waals surface area contributed by atoms with Crippen molar-refractivity contribution in [3.63, 3.8) is 0 Å². The highest BCUT2D eigenvalue weighted by Crippen LogP contribution is 2.27. The zero-order valence-corrected chi connectivity index (χ0v) is 15.7. The number of aryl methyl sites for hydroxylation is 1. The number of amides is 1. The first-order chi connectivity index (χ1) is 13.3. The van der Waals surface area contributed by atoms with Crippen LogP contribution in [0.5, 0.6) is 0 Å². The van der Waals surface area contributed by atoms with Crippen molar-refractivity contribution in [2.45, 2.75) is 19.5 Å². The molecule has 0 saturated heterocycles. The molecule has 0 aliphatic rings. The van der Waals surface area contributed by atoms with E-state index >= 15 is 0 Å². The van der Waals surface area contributed by atoms with Crippen molar-refractivity contribution in [2.24, 2.45) is 11.6 Å². The number of nitrogen functional groups attached to an aromatic ring is 1. The number of carbonyl (C=O) groups excluding carboxylic acids is 1. The van der Waals surface area contributed by atoms with Crippen LogP contribution < -0.4 is 17.3 Å². The van der Waals surface area contributed by atoms with Gasteiger partial charge in [0.2, 0.25) is 5.91 Å². The Kier molecular flexibility index (Phi) is 8.14. The van der Waals surface area contributed by atoms with E-state index in [2.05, 4.69) is 0 Å². The molecule has 0 fully saturated rings. The van der Waals surface area contributed by atoms with Crippen LogP contribution in [-0.4, -0.2) is 24.1 Å². The lowest BCUT2D eigenvalue weighted by Gasteiger charge is -2.19. The highest BCUT2D eigenvalue weighted by Gasteiger charge is 2.26. The first kappa shape index (κ1) is 23.9. The third kappa shape index (κ3) is 7.41. The molecule has 29 heavy (non-hydrogen) atoms. The first-order valence-corrected chi connectivity index (χ1v) is 8.19. The van der Waals surface area contributed by atoms with E-state index in [9.17, 15) is 26.7 Å². The maximum atomic E-state index is 12.4. The zero-order valence-electron chi connectivity index (χ0n) is 15.7. The Morgan fingerprint density at radius 1 is 1.17 bits per heavy atom. The van der Waals surface area contributed by atoms with E-state index < -0.39 is 30.1 Å². The van der Waals surface area contributed by atoms with Gasteiger partial charge in [0.15, 0.2) is 11.6 Å². The van der Waals surface area contributed by atoms with Crippen LogP contribution in [0, 0.1) is 18.6 Å². The van der Waals surface area contributed by atoms with Crippen molar-refractivity contribution in [2.75, 3.05) is 12.8 Å². The number of primary amides is 1. The number of anilines is 1. The van der Waals surface area contributed by atoms with E-state index in [0.717, 1.165) is 17.2 Å². The van der Waals surface area contributed by atoms with Gasteiger partial charge in [0.1, 0.15) is 0 Å². The van der Waals surface area contributed by atoms with E-state index in [1.807, 2.05) is 0 Å². The molecule has 2 rings (SSSR count). The summed E-state index contributed by atoms with van der Waals surface area (Å²) >= 11 is 0. The van der Waals surface area contributed by atoms with Crippen LogP contribution in [0.3, 0.4) is 0 Å². The number of halogens is 5. The Bertz CT molecular complexity index is 874. The number of benzene rings is 2. The molecule has 0 spiro atoms. The Morgan fingerprint density at radius 2 is 1.79 bits per heavy atom. The van der Waals surface area contributed by atoms with E-state index in [1.165, 1.54) is 44.3 Å². The van der Waals surface area contributed by atoms with E-state index in [-0.39, 0.29) is 16.9 Å². The number of alkyl halides is 3. The summed E-state index contributed by atoms with van der Waals surface area (Å²) in [5.74, 6) is 3.30. The molecular formula is C19H21F5N4O. The Morgan fingerprint density at radius 3 is 2.21 bits per heavy atom. The smallest absolute Gasteiger partial charge is 0.392 e. The van der Waals surface area contributed by atoms with Crippen LogP contribution >= 0.6 is 0 Å². The lowest BCUT2D eigenvalue weighted by molar-refractivity contribution is -0.125. The van der Waals surface area contributed by atoms with Gasteiger partial charge >= 0.3 is 6.18 Å². The number of carbonyl (C=O) groups is 1. The quantitative estimate of drug-likeness (QED) is 0.306. The molecule has 0 aromatic heterocycles. The number of hydrogen-bond donors (Lipinski definition) is 3. The van der Waals surface area contributed by atoms with Crippen molar-refractivity contribution in [3.05, 3.63) is 70.8 Å². The molecule has 2 aromatic carbocycles. The maximum absolute atomic E-state index is 12.4. The summed E-state index contributed by atoms with van der Waals surface area (Å²) in [6, 6.07) is 8.18. The summed E-state index contributed by atoms with van der Waals surface area (Å²) < 4.78 is 61.4. The molecule has 0 saturated carbocycles. The van der Waals surface area contributed by atoms with E-state index in [4.69, 9.17) is 17.3 Å². The molecule has 0 bridgehead atoms. The van der Waals surface area contributed by atoms with Crippen LogP contribution in [0.4, 0.5) is 27.6 Å². The summed E-state index contributed by atoms with van der Waals surface area (Å²) in [4.78, 5) is 11.0. The first-order valence-electron chi connectivity index (χ1n) is 8.19. The third-order valence-corrected chi connectivity index (χ3v) is 3.66. The largest absolute Gasteiger partial charge is 0.398 e. The van der Waals surface area contributed by atoms with E-state index in [1.54, 1.807) is 0 Å². The van der Waals surface area contributed by atoms with Gasteiger partial charge in [-0.15, -0.1) is 0 Å². The summed E-state index contributed by atoms with van der Waals surface area (Å²) in [5, 5.41) is 1.03. The summed E-state index contributed by atoms with van der Waals surface area (Å²) in [7, 11) is 1.39. The van der Waals surface area contributed by atoms with Gasteiger partial charge < -0.3 is 16.5 Å². The number of hydrazine groups is 1. The fraction of sp³-hybridized carbons (Fsp3) is 0.211. The minimum Gasteiger partial charge on any atom is -0.398 e. The van der Waals surface area contributed by atoms with Gasteiger partial charge in [-0.05, 0) is 36.8 Å². The second kappa shape index (κ2) is 9.87. The minimum atomic E-state index is -4.34. The number of nitrogens with zero attached hydrogens (tertiary/aromatic N) is 1. The number of rotatable bonds is 4. The summed E-state index contributed by atoms with van der Waals surface area (Å²) in [6.45, 7) is 1.53. The molecular weight excluding hydrogens is 395 g/mol. The van der Waals surface area contributed by atoms with Crippen molar-refractivity contribution in [1.29, 1.82) is 0 Å². The Labute approximate surface area is 164 Å². The molecule has 2 aromatic rings. The monoisotopic (exact) mass is 416 g/mol. The van der Waals surface area contributed by atoms with Crippen LogP contribution in [0.25, 0.3) is 5.70 Å². The predicted octanol–water partition coefficient (Wildman–Crippen LogP) is 3.74.